The van der Waals surface area contributed by atoms with E-state index in [1.54, 1.807) is 0 Å². The molecule has 0 bridgehead atoms. The fourth-order valence-corrected chi connectivity index (χ4v) is 2.32. The highest BCUT2D eigenvalue weighted by Crippen LogP contribution is 2.27. The van der Waals surface area contributed by atoms with Gasteiger partial charge in [0.2, 0.25) is 0 Å². The molecule has 2 rings (SSSR count). The summed E-state index contributed by atoms with van der Waals surface area (Å²) >= 11 is 0. The van der Waals surface area contributed by atoms with Crippen molar-refractivity contribution in [2.24, 2.45) is 0 Å². The van der Waals surface area contributed by atoms with Crippen LogP contribution in [0.25, 0.3) is 0 Å². The Morgan fingerprint density at radius 2 is 1.86 bits per heavy atom. The maximum Gasteiger partial charge on any atom is 0.0730 e. The van der Waals surface area contributed by atoms with E-state index >= 15 is 0 Å². The Bertz CT molecular complexity index is 138. The van der Waals surface area contributed by atoms with Gasteiger partial charge in [-0.05, 0) is 32.7 Å². The van der Waals surface area contributed by atoms with Gasteiger partial charge in [-0.2, -0.15) is 0 Å². The van der Waals surface area contributed by atoms with Crippen LogP contribution in [0.3, 0.4) is 0 Å². The van der Waals surface area contributed by atoms with Gasteiger partial charge in [-0.3, -0.25) is 0 Å². The average molecular weight is 201 g/mol. The number of fused-ring (bicyclic) bond motifs is 1. The van der Waals surface area contributed by atoms with E-state index in [0.717, 1.165) is 12.6 Å². The zero-order valence-corrected chi connectivity index (χ0v) is 9.25. The molecule has 86 valence electrons. The average Bonchev–Trinajstić information content (AvgIpc) is 2.57. The summed E-state index contributed by atoms with van der Waals surface area (Å²) in [5, 5.41) is 0. The Balaban J connectivity index is 0.000000531. The van der Waals surface area contributed by atoms with Crippen molar-refractivity contribution >= 4 is 0 Å². The number of likely N-dealkylation sites (N-methyl/N-ethyl adjacent to an activating group) is 1. The van der Waals surface area contributed by atoms with Crippen LogP contribution in [-0.2, 0) is 4.74 Å². The predicted molar refractivity (Wildman–Crippen MR) is 62.7 cm³/mol. The number of ether oxygens (including phenoxy) is 1. The third-order valence-electron chi connectivity index (χ3n) is 2.97. The molecule has 2 heteroatoms. The van der Waals surface area contributed by atoms with Crippen molar-refractivity contribution in [2.75, 3.05) is 20.2 Å². The van der Waals surface area contributed by atoms with E-state index in [4.69, 9.17) is 4.74 Å². The maximum absolute atomic E-state index is 5.76. The Hall–Kier alpha value is -0.0800. The van der Waals surface area contributed by atoms with Crippen LogP contribution < -0.4 is 0 Å². The second-order valence-electron chi connectivity index (χ2n) is 3.74. The predicted octanol–water partition coefficient (Wildman–Crippen LogP) is 2.92. The van der Waals surface area contributed by atoms with Crippen molar-refractivity contribution in [1.29, 1.82) is 0 Å². The zero-order chi connectivity index (χ0) is 9.68. The van der Waals surface area contributed by atoms with Crippen molar-refractivity contribution in [2.45, 2.75) is 59.1 Å². The Kier molecular flexibility index (Phi) is 7.20. The lowest BCUT2D eigenvalue weighted by Gasteiger charge is -2.25. The van der Waals surface area contributed by atoms with Gasteiger partial charge in [0.15, 0.2) is 0 Å². The fourth-order valence-electron chi connectivity index (χ4n) is 2.32. The van der Waals surface area contributed by atoms with Crippen LogP contribution in [0.5, 0.6) is 0 Å². The summed E-state index contributed by atoms with van der Waals surface area (Å²) < 4.78 is 5.76. The highest BCUT2D eigenvalue weighted by atomic mass is 16.5. The normalized spacial score (nSPS) is 31.9. The van der Waals surface area contributed by atoms with Crippen molar-refractivity contribution in [1.82, 2.24) is 4.90 Å². The second-order valence-corrected chi connectivity index (χ2v) is 3.74. The summed E-state index contributed by atoms with van der Waals surface area (Å²) in [5.41, 5.74) is 0. The van der Waals surface area contributed by atoms with Crippen LogP contribution in [0.2, 0.25) is 0 Å². The minimum Gasteiger partial charge on any atom is -0.377 e. The smallest absolute Gasteiger partial charge is 0.0730 e. The monoisotopic (exact) mass is 201 g/mol. The molecule has 0 aromatic heterocycles. The zero-order valence-electron chi connectivity index (χ0n) is 9.25. The second kappa shape index (κ2) is 7.24. The van der Waals surface area contributed by atoms with Gasteiger partial charge in [0.05, 0.1) is 6.10 Å². The molecular formula is C12H27NO. The van der Waals surface area contributed by atoms with E-state index in [-0.39, 0.29) is 7.43 Å². The van der Waals surface area contributed by atoms with Gasteiger partial charge in [0.25, 0.3) is 0 Å². The van der Waals surface area contributed by atoms with Crippen molar-refractivity contribution in [3.8, 4) is 0 Å². The Morgan fingerprint density at radius 1 is 1.14 bits per heavy atom. The quantitative estimate of drug-likeness (QED) is 0.597. The molecule has 2 aliphatic rings. The molecule has 0 radical (unpaired) electrons. The first-order valence-electron chi connectivity index (χ1n) is 5.70. The highest BCUT2D eigenvalue weighted by molar-refractivity contribution is 4.86. The van der Waals surface area contributed by atoms with E-state index in [0.29, 0.717) is 6.10 Å². The molecule has 1 saturated carbocycles. The molecule has 2 fully saturated rings. The number of nitrogens with zero attached hydrogens (tertiary/aromatic N) is 1. The Morgan fingerprint density at radius 3 is 2.57 bits per heavy atom. The lowest BCUT2D eigenvalue weighted by molar-refractivity contribution is 0.0387. The van der Waals surface area contributed by atoms with Gasteiger partial charge in [-0.1, -0.05) is 21.3 Å². The van der Waals surface area contributed by atoms with Gasteiger partial charge in [0.1, 0.15) is 0 Å². The van der Waals surface area contributed by atoms with Gasteiger partial charge < -0.3 is 9.64 Å². The molecule has 0 amide bonds. The van der Waals surface area contributed by atoms with E-state index in [2.05, 4.69) is 11.9 Å². The molecule has 0 aromatic rings. The minimum absolute atomic E-state index is 0. The summed E-state index contributed by atoms with van der Waals surface area (Å²) in [5.74, 6) is 0. The molecule has 1 aliphatic heterocycles. The lowest BCUT2D eigenvalue weighted by Crippen LogP contribution is -2.36. The van der Waals surface area contributed by atoms with Crippen LogP contribution in [0.1, 0.15) is 47.0 Å². The van der Waals surface area contributed by atoms with E-state index in [9.17, 15) is 0 Å². The molecule has 1 aliphatic carbocycles. The van der Waals surface area contributed by atoms with Crippen LogP contribution in [0.4, 0.5) is 0 Å². The topological polar surface area (TPSA) is 12.5 Å². The van der Waals surface area contributed by atoms with E-state index in [1.807, 2.05) is 13.8 Å². The summed E-state index contributed by atoms with van der Waals surface area (Å²) in [7, 11) is 2.23. The molecule has 2 atom stereocenters. The molecule has 1 heterocycles. The first-order valence-corrected chi connectivity index (χ1v) is 5.70. The lowest BCUT2D eigenvalue weighted by atomic mass is 10.2. The van der Waals surface area contributed by atoms with Crippen LogP contribution in [0, 0.1) is 0 Å². The van der Waals surface area contributed by atoms with Crippen molar-refractivity contribution in [3.05, 3.63) is 0 Å². The summed E-state index contributed by atoms with van der Waals surface area (Å²) in [4.78, 5) is 2.48. The molecule has 0 aromatic carbocycles. The number of hydrogen-bond donors (Lipinski definition) is 0. The Labute approximate surface area is 89.6 Å². The van der Waals surface area contributed by atoms with Gasteiger partial charge in [-0.15, -0.1) is 0 Å². The first-order chi connectivity index (χ1) is 6.38. The first kappa shape index (κ1) is 13.9. The van der Waals surface area contributed by atoms with Gasteiger partial charge in [-0.25, -0.2) is 0 Å². The van der Waals surface area contributed by atoms with E-state index < -0.39 is 0 Å². The fraction of sp³-hybridized carbons (Fsp3) is 1.00. The molecule has 14 heavy (non-hydrogen) atoms. The van der Waals surface area contributed by atoms with Gasteiger partial charge in [0, 0.05) is 19.2 Å². The van der Waals surface area contributed by atoms with Crippen molar-refractivity contribution in [3.63, 3.8) is 0 Å². The van der Waals surface area contributed by atoms with Crippen LogP contribution >= 0.6 is 0 Å². The molecule has 0 N–H and O–H groups in total. The van der Waals surface area contributed by atoms with E-state index in [1.165, 1.54) is 32.2 Å². The standard InChI is InChI=1S/C9H17NO.C2H6.CH4/c1-10-6-3-7-11-9-5-2-4-8(9)10;1-2;/h8-9H,2-7H2,1H3;1-2H3;1H4/t8?,9-;;/m0../s1. The largest absolute Gasteiger partial charge is 0.377 e. The van der Waals surface area contributed by atoms with Crippen LogP contribution in [-0.4, -0.2) is 37.2 Å². The molecule has 0 spiro atoms. The summed E-state index contributed by atoms with van der Waals surface area (Å²) in [6.45, 7) is 6.20. The maximum atomic E-state index is 5.76. The molecule has 1 unspecified atom stereocenters. The SMILES string of the molecule is C.CC.CN1CCCO[C@H]2CCCC21. The summed E-state index contributed by atoms with van der Waals surface area (Å²) in [6.07, 6.45) is 5.77. The van der Waals surface area contributed by atoms with Crippen molar-refractivity contribution < 1.29 is 4.74 Å². The van der Waals surface area contributed by atoms with Crippen LogP contribution in [0.15, 0.2) is 0 Å². The molecule has 2 nitrogen and oxygen atoms in total. The third-order valence-corrected chi connectivity index (χ3v) is 2.97. The number of hydrogen-bond acceptors (Lipinski definition) is 2. The highest BCUT2D eigenvalue weighted by Gasteiger charge is 2.32. The number of rotatable bonds is 0. The van der Waals surface area contributed by atoms with Gasteiger partial charge >= 0.3 is 0 Å². The molecular weight excluding hydrogens is 174 g/mol. The minimum atomic E-state index is 0. The molecule has 1 saturated heterocycles. The third kappa shape index (κ3) is 3.25. The summed E-state index contributed by atoms with van der Waals surface area (Å²) in [6, 6.07) is 0.734.